The Bertz CT molecular complexity index is 1330. The molecule has 6 nitrogen and oxygen atoms in total. The van der Waals surface area contributed by atoms with Gasteiger partial charge in [0.25, 0.3) is 11.5 Å². The molecule has 3 aromatic carbocycles. The van der Waals surface area contributed by atoms with E-state index < -0.39 is 17.2 Å². The fraction of sp³-hybridized carbons (Fsp3) is 0.0800. The number of H-pyrrole nitrogens is 1. The Labute approximate surface area is 183 Å². The van der Waals surface area contributed by atoms with Crippen molar-refractivity contribution in [2.24, 2.45) is 0 Å². The maximum Gasteiger partial charge on any atom is 0.329 e. The Morgan fingerprint density at radius 3 is 2.31 bits per heavy atom. The largest absolute Gasteiger partial charge is 0.347 e. The van der Waals surface area contributed by atoms with Gasteiger partial charge in [-0.05, 0) is 34.4 Å². The van der Waals surface area contributed by atoms with E-state index in [-0.39, 0.29) is 24.6 Å². The molecule has 7 heteroatoms. The second kappa shape index (κ2) is 9.26. The number of hydrogen-bond acceptors (Lipinski definition) is 3. The summed E-state index contributed by atoms with van der Waals surface area (Å²) in [5.41, 5.74) is 1.95. The summed E-state index contributed by atoms with van der Waals surface area (Å²) in [6.45, 7) is 0.281. The Morgan fingerprint density at radius 1 is 0.906 bits per heavy atom. The quantitative estimate of drug-likeness (QED) is 0.493. The molecule has 0 unspecified atom stereocenters. The standard InChI is InChI=1S/C25H20FN3O3/c26-20-12-10-18(11-13-20)21-9-5-4-8-19(21)15-27-24(31)22-14-23(30)29(25(32)28-22)16-17-6-2-1-3-7-17/h1-14H,15-16H2,(H,27,31)(H,28,32). The summed E-state index contributed by atoms with van der Waals surface area (Å²) in [5, 5.41) is 2.73. The number of nitrogens with zero attached hydrogens (tertiary/aromatic N) is 1. The van der Waals surface area contributed by atoms with Crippen molar-refractivity contribution in [3.05, 3.63) is 128 Å². The number of amides is 1. The number of hydrogen-bond donors (Lipinski definition) is 2. The van der Waals surface area contributed by atoms with Gasteiger partial charge >= 0.3 is 5.69 Å². The fourth-order valence-electron chi connectivity index (χ4n) is 3.41. The molecule has 1 heterocycles. The number of halogens is 1. The number of carbonyl (C=O) groups is 1. The first-order valence-electron chi connectivity index (χ1n) is 10.0. The van der Waals surface area contributed by atoms with Gasteiger partial charge in [-0.3, -0.25) is 14.2 Å². The van der Waals surface area contributed by atoms with Crippen LogP contribution in [0, 0.1) is 5.82 Å². The molecule has 0 spiro atoms. The van der Waals surface area contributed by atoms with E-state index in [9.17, 15) is 18.8 Å². The Balaban J connectivity index is 1.51. The predicted molar refractivity (Wildman–Crippen MR) is 120 cm³/mol. The zero-order valence-electron chi connectivity index (χ0n) is 17.0. The molecule has 0 aliphatic rings. The van der Waals surface area contributed by atoms with Crippen molar-refractivity contribution in [3.63, 3.8) is 0 Å². The van der Waals surface area contributed by atoms with Crippen molar-refractivity contribution in [2.75, 3.05) is 0 Å². The van der Waals surface area contributed by atoms with Gasteiger partial charge in [-0.15, -0.1) is 0 Å². The molecule has 0 saturated heterocycles. The average molecular weight is 429 g/mol. The second-order valence-corrected chi connectivity index (χ2v) is 7.24. The fourth-order valence-corrected chi connectivity index (χ4v) is 3.41. The highest BCUT2D eigenvalue weighted by atomic mass is 19.1. The van der Waals surface area contributed by atoms with E-state index in [1.54, 1.807) is 12.1 Å². The van der Waals surface area contributed by atoms with E-state index in [2.05, 4.69) is 10.3 Å². The predicted octanol–water partition coefficient (Wildman–Crippen LogP) is 3.32. The minimum atomic E-state index is -0.654. The lowest BCUT2D eigenvalue weighted by molar-refractivity contribution is 0.0945. The third-order valence-electron chi connectivity index (χ3n) is 5.06. The normalized spacial score (nSPS) is 10.7. The number of nitrogens with one attached hydrogen (secondary N) is 2. The summed E-state index contributed by atoms with van der Waals surface area (Å²) in [7, 11) is 0. The molecule has 2 N–H and O–H groups in total. The zero-order valence-corrected chi connectivity index (χ0v) is 17.0. The highest BCUT2D eigenvalue weighted by Gasteiger charge is 2.13. The summed E-state index contributed by atoms with van der Waals surface area (Å²) in [6, 6.07) is 23.7. The van der Waals surface area contributed by atoms with Crippen molar-refractivity contribution in [1.82, 2.24) is 14.9 Å². The second-order valence-electron chi connectivity index (χ2n) is 7.24. The topological polar surface area (TPSA) is 84.0 Å². The third kappa shape index (κ3) is 4.73. The molecule has 0 atom stereocenters. The molecule has 0 aliphatic carbocycles. The molecule has 0 bridgehead atoms. The van der Waals surface area contributed by atoms with Crippen molar-refractivity contribution in [2.45, 2.75) is 13.1 Å². The van der Waals surface area contributed by atoms with E-state index in [4.69, 9.17) is 0 Å². The van der Waals surface area contributed by atoms with Crippen LogP contribution >= 0.6 is 0 Å². The van der Waals surface area contributed by atoms with Crippen molar-refractivity contribution in [1.29, 1.82) is 0 Å². The van der Waals surface area contributed by atoms with Gasteiger partial charge in [0.05, 0.1) is 6.54 Å². The Kier molecular flexibility index (Phi) is 6.07. The van der Waals surface area contributed by atoms with Gasteiger partial charge in [-0.25, -0.2) is 9.18 Å². The average Bonchev–Trinajstić information content (AvgIpc) is 2.81. The minimum absolute atomic E-state index is 0.108. The molecule has 32 heavy (non-hydrogen) atoms. The highest BCUT2D eigenvalue weighted by Crippen LogP contribution is 2.23. The van der Waals surface area contributed by atoms with Crippen LogP contribution in [0.15, 0.2) is 94.5 Å². The van der Waals surface area contributed by atoms with Gasteiger partial charge in [-0.2, -0.15) is 0 Å². The van der Waals surface area contributed by atoms with Gasteiger partial charge < -0.3 is 10.3 Å². The molecule has 0 radical (unpaired) electrons. The summed E-state index contributed by atoms with van der Waals surface area (Å²) in [4.78, 5) is 39.9. The van der Waals surface area contributed by atoms with Crippen LogP contribution in [-0.2, 0) is 13.1 Å². The molecular weight excluding hydrogens is 409 g/mol. The van der Waals surface area contributed by atoms with Gasteiger partial charge in [0.1, 0.15) is 11.5 Å². The van der Waals surface area contributed by atoms with Crippen LogP contribution in [0.4, 0.5) is 4.39 Å². The van der Waals surface area contributed by atoms with Crippen LogP contribution in [0.1, 0.15) is 21.6 Å². The van der Waals surface area contributed by atoms with Gasteiger partial charge in [0.15, 0.2) is 0 Å². The number of aromatic amines is 1. The summed E-state index contributed by atoms with van der Waals surface area (Å²) >= 11 is 0. The first-order valence-corrected chi connectivity index (χ1v) is 10.0. The van der Waals surface area contributed by atoms with E-state index in [1.807, 2.05) is 54.6 Å². The molecule has 4 rings (SSSR count). The molecule has 1 amide bonds. The lowest BCUT2D eigenvalue weighted by Gasteiger charge is -2.11. The van der Waals surface area contributed by atoms with E-state index in [0.717, 1.165) is 32.9 Å². The van der Waals surface area contributed by atoms with Gasteiger partial charge in [-0.1, -0.05) is 66.7 Å². The van der Waals surface area contributed by atoms with Gasteiger partial charge in [0, 0.05) is 12.6 Å². The zero-order chi connectivity index (χ0) is 22.5. The van der Waals surface area contributed by atoms with Crippen LogP contribution in [0.5, 0.6) is 0 Å². The molecule has 0 saturated carbocycles. The maximum atomic E-state index is 13.2. The number of aromatic nitrogens is 2. The molecule has 1 aromatic heterocycles. The monoisotopic (exact) mass is 429 g/mol. The van der Waals surface area contributed by atoms with Crippen LogP contribution in [0.2, 0.25) is 0 Å². The van der Waals surface area contributed by atoms with E-state index >= 15 is 0 Å². The lowest BCUT2D eigenvalue weighted by atomic mass is 9.99. The molecule has 0 aliphatic heterocycles. The molecule has 4 aromatic rings. The number of rotatable bonds is 6. The van der Waals surface area contributed by atoms with E-state index in [0.29, 0.717) is 0 Å². The van der Waals surface area contributed by atoms with E-state index in [1.165, 1.54) is 12.1 Å². The first-order chi connectivity index (χ1) is 15.5. The van der Waals surface area contributed by atoms with Crippen molar-refractivity contribution < 1.29 is 9.18 Å². The number of benzene rings is 3. The minimum Gasteiger partial charge on any atom is -0.347 e. The van der Waals surface area contributed by atoms with Crippen LogP contribution in [-0.4, -0.2) is 15.5 Å². The SMILES string of the molecule is O=C(NCc1ccccc1-c1ccc(F)cc1)c1cc(=O)n(Cc2ccccc2)c(=O)[nH]1. The van der Waals surface area contributed by atoms with Crippen molar-refractivity contribution >= 4 is 5.91 Å². The third-order valence-corrected chi connectivity index (χ3v) is 5.06. The van der Waals surface area contributed by atoms with Gasteiger partial charge in [0.2, 0.25) is 0 Å². The lowest BCUT2D eigenvalue weighted by Crippen LogP contribution is -2.38. The molecule has 160 valence electrons. The van der Waals surface area contributed by atoms with Crippen molar-refractivity contribution in [3.8, 4) is 11.1 Å². The summed E-state index contributed by atoms with van der Waals surface area (Å²) in [6.07, 6.45) is 0. The maximum absolute atomic E-state index is 13.2. The Hall–Kier alpha value is -4.26. The Morgan fingerprint density at radius 2 is 1.59 bits per heavy atom. The molecular formula is C25H20FN3O3. The summed E-state index contributed by atoms with van der Waals surface area (Å²) in [5.74, 6) is -0.898. The smallest absolute Gasteiger partial charge is 0.329 e. The molecule has 0 fully saturated rings. The first kappa shape index (κ1) is 21.0. The van der Waals surface area contributed by atoms with Crippen LogP contribution in [0.3, 0.4) is 0 Å². The van der Waals surface area contributed by atoms with Crippen LogP contribution < -0.4 is 16.6 Å². The van der Waals surface area contributed by atoms with Crippen LogP contribution in [0.25, 0.3) is 11.1 Å². The summed E-state index contributed by atoms with van der Waals surface area (Å²) < 4.78 is 14.3. The highest BCUT2D eigenvalue weighted by molar-refractivity contribution is 5.92. The number of carbonyl (C=O) groups excluding carboxylic acids is 1.